The number of nitrogens with zero attached hydrogens (tertiary/aromatic N) is 1. The second-order valence-electron chi connectivity index (χ2n) is 7.21. The first-order valence-electron chi connectivity index (χ1n) is 9.96. The molecule has 0 spiro atoms. The fraction of sp³-hybridized carbons (Fsp3) is 0.348. The van der Waals surface area contributed by atoms with Gasteiger partial charge in [0, 0.05) is 55.7 Å². The summed E-state index contributed by atoms with van der Waals surface area (Å²) in [5.74, 6) is 2.41. The summed E-state index contributed by atoms with van der Waals surface area (Å²) in [5, 5.41) is 0.709. The number of rotatable bonds is 6. The minimum atomic E-state index is 0.0301. The molecule has 0 bridgehead atoms. The van der Waals surface area contributed by atoms with Gasteiger partial charge < -0.3 is 28.8 Å². The Bertz CT molecular complexity index is 1060. The van der Waals surface area contributed by atoms with Gasteiger partial charge in [0.15, 0.2) is 16.9 Å². The van der Waals surface area contributed by atoms with Crippen LogP contribution in [-0.4, -0.2) is 45.5 Å². The number of nitrogens with one attached hydrogen (secondary N) is 1. The quantitative estimate of drug-likeness (QED) is 0.669. The van der Waals surface area contributed by atoms with Crippen LogP contribution in [0.1, 0.15) is 12.8 Å². The molecule has 3 aromatic rings. The van der Waals surface area contributed by atoms with Gasteiger partial charge in [0.1, 0.15) is 11.9 Å². The second kappa shape index (κ2) is 8.57. The first-order valence-corrected chi connectivity index (χ1v) is 9.96. The number of hydrogen-bond acceptors (Lipinski definition) is 6. The Morgan fingerprint density at radius 3 is 2.30 bits per heavy atom. The van der Waals surface area contributed by atoms with Crippen molar-refractivity contribution in [2.45, 2.75) is 18.9 Å². The third-order valence-electron chi connectivity index (χ3n) is 5.51. The molecule has 1 aliphatic rings. The Balaban J connectivity index is 1.51. The lowest BCUT2D eigenvalue weighted by Crippen LogP contribution is -2.38. The third-order valence-corrected chi connectivity index (χ3v) is 5.51. The Hall–Kier alpha value is -3.35. The van der Waals surface area contributed by atoms with Crippen LogP contribution in [0.5, 0.6) is 23.0 Å². The predicted molar refractivity (Wildman–Crippen MR) is 117 cm³/mol. The van der Waals surface area contributed by atoms with Gasteiger partial charge >= 0.3 is 0 Å². The molecule has 1 aliphatic heterocycles. The zero-order valence-corrected chi connectivity index (χ0v) is 17.4. The van der Waals surface area contributed by atoms with Gasteiger partial charge in [0.05, 0.1) is 32.5 Å². The lowest BCUT2D eigenvalue weighted by atomic mass is 10.1. The number of H-pyrrole nitrogens is 1. The lowest BCUT2D eigenvalue weighted by molar-refractivity contribution is 0.158. The number of piperidine rings is 1. The van der Waals surface area contributed by atoms with Crippen LogP contribution in [0, 0.1) is 0 Å². The number of para-hydroxylation sites is 1. The molecule has 7 nitrogen and oxygen atoms in total. The molecular formula is C23H26N2O5. The molecule has 158 valence electrons. The Kier molecular flexibility index (Phi) is 5.70. The summed E-state index contributed by atoms with van der Waals surface area (Å²) < 4.78 is 22.6. The van der Waals surface area contributed by atoms with E-state index in [2.05, 4.69) is 16.0 Å². The van der Waals surface area contributed by atoms with E-state index in [0.717, 1.165) is 37.1 Å². The predicted octanol–water partition coefficient (Wildman–Crippen LogP) is 3.60. The maximum atomic E-state index is 12.1. The number of hydrogen-bond donors (Lipinski definition) is 1. The van der Waals surface area contributed by atoms with Crippen LogP contribution in [0.3, 0.4) is 0 Å². The molecule has 2 heterocycles. The van der Waals surface area contributed by atoms with E-state index in [1.807, 2.05) is 12.1 Å². The van der Waals surface area contributed by atoms with Crippen LogP contribution in [0.2, 0.25) is 0 Å². The molecule has 4 rings (SSSR count). The number of aromatic amines is 1. The molecule has 1 N–H and O–H groups in total. The van der Waals surface area contributed by atoms with Gasteiger partial charge in [0.2, 0.25) is 5.75 Å². The minimum Gasteiger partial charge on any atom is -0.496 e. The van der Waals surface area contributed by atoms with E-state index < -0.39 is 0 Å². The average Bonchev–Trinajstić information content (AvgIpc) is 2.79. The van der Waals surface area contributed by atoms with Crippen molar-refractivity contribution in [3.8, 4) is 23.0 Å². The van der Waals surface area contributed by atoms with Crippen LogP contribution in [0.15, 0.2) is 47.4 Å². The highest BCUT2D eigenvalue weighted by molar-refractivity contribution is 5.90. The number of pyridine rings is 1. The summed E-state index contributed by atoms with van der Waals surface area (Å²) in [6.07, 6.45) is 3.41. The summed E-state index contributed by atoms with van der Waals surface area (Å²) in [4.78, 5) is 17.7. The Morgan fingerprint density at radius 2 is 1.67 bits per heavy atom. The molecule has 1 saturated heterocycles. The van der Waals surface area contributed by atoms with Crippen molar-refractivity contribution in [1.82, 2.24) is 4.98 Å². The van der Waals surface area contributed by atoms with Crippen molar-refractivity contribution in [3.63, 3.8) is 0 Å². The maximum absolute atomic E-state index is 12.1. The van der Waals surface area contributed by atoms with Crippen molar-refractivity contribution >= 4 is 16.6 Å². The number of aromatic nitrogens is 1. The summed E-state index contributed by atoms with van der Waals surface area (Å²) in [6.45, 7) is 1.64. The summed E-state index contributed by atoms with van der Waals surface area (Å²) in [5.41, 5.74) is 1.95. The van der Waals surface area contributed by atoms with E-state index in [9.17, 15) is 4.79 Å². The molecule has 30 heavy (non-hydrogen) atoms. The Labute approximate surface area is 175 Å². The molecule has 7 heteroatoms. The molecule has 0 saturated carbocycles. The van der Waals surface area contributed by atoms with Crippen molar-refractivity contribution < 1.29 is 18.9 Å². The molecule has 0 unspecified atom stereocenters. The number of fused-ring (bicyclic) bond motifs is 1. The smallest absolute Gasteiger partial charge is 0.204 e. The number of ether oxygens (including phenoxy) is 4. The fourth-order valence-electron chi connectivity index (χ4n) is 3.92. The largest absolute Gasteiger partial charge is 0.496 e. The van der Waals surface area contributed by atoms with Gasteiger partial charge in [-0.15, -0.1) is 0 Å². The molecule has 0 radical (unpaired) electrons. The standard InChI is InChI=1S/C23H26N2O5/c1-27-16-13-20(28-2)23(21(14-16)29-3)30-15-8-11-25(12-9-15)18-6-4-5-17-19(26)7-10-24-22(17)18/h4-7,10,13-15H,8-9,11-12H2,1-3H3,(H,24,26). The summed E-state index contributed by atoms with van der Waals surface area (Å²) >= 11 is 0. The topological polar surface area (TPSA) is 73.0 Å². The molecule has 1 aromatic heterocycles. The highest BCUT2D eigenvalue weighted by Crippen LogP contribution is 2.42. The second-order valence-corrected chi connectivity index (χ2v) is 7.21. The Morgan fingerprint density at radius 1 is 0.967 bits per heavy atom. The van der Waals surface area contributed by atoms with E-state index in [1.54, 1.807) is 45.7 Å². The highest BCUT2D eigenvalue weighted by Gasteiger charge is 2.25. The molecule has 2 aromatic carbocycles. The van der Waals surface area contributed by atoms with Crippen molar-refractivity contribution in [2.75, 3.05) is 39.3 Å². The van der Waals surface area contributed by atoms with Gasteiger partial charge in [-0.2, -0.15) is 0 Å². The SMILES string of the molecule is COc1cc(OC)c(OC2CCN(c3cccc4c(=O)cc[nH]c34)CC2)c(OC)c1. The van der Waals surface area contributed by atoms with Crippen LogP contribution < -0.4 is 29.3 Å². The maximum Gasteiger partial charge on any atom is 0.204 e. The molecule has 0 amide bonds. The molecule has 0 aliphatic carbocycles. The van der Waals surface area contributed by atoms with Crippen molar-refractivity contribution in [2.24, 2.45) is 0 Å². The zero-order chi connectivity index (χ0) is 21.1. The van der Waals surface area contributed by atoms with E-state index in [1.165, 1.54) is 0 Å². The normalized spacial score (nSPS) is 14.6. The fourth-order valence-corrected chi connectivity index (χ4v) is 3.92. The number of benzene rings is 2. The molecular weight excluding hydrogens is 384 g/mol. The third kappa shape index (κ3) is 3.75. The van der Waals surface area contributed by atoms with Gasteiger partial charge in [0.25, 0.3) is 0 Å². The number of anilines is 1. The van der Waals surface area contributed by atoms with E-state index in [4.69, 9.17) is 18.9 Å². The molecule has 0 atom stereocenters. The van der Waals surface area contributed by atoms with Gasteiger partial charge in [-0.25, -0.2) is 0 Å². The van der Waals surface area contributed by atoms with Crippen LogP contribution in [-0.2, 0) is 0 Å². The monoisotopic (exact) mass is 410 g/mol. The zero-order valence-electron chi connectivity index (χ0n) is 17.4. The van der Waals surface area contributed by atoms with Crippen molar-refractivity contribution in [1.29, 1.82) is 0 Å². The van der Waals surface area contributed by atoms with Crippen molar-refractivity contribution in [3.05, 3.63) is 52.8 Å². The van der Waals surface area contributed by atoms with E-state index in [0.29, 0.717) is 28.4 Å². The van der Waals surface area contributed by atoms with Gasteiger partial charge in [-0.1, -0.05) is 6.07 Å². The highest BCUT2D eigenvalue weighted by atomic mass is 16.5. The summed E-state index contributed by atoms with van der Waals surface area (Å²) in [6, 6.07) is 11.0. The van der Waals surface area contributed by atoms with E-state index >= 15 is 0 Å². The minimum absolute atomic E-state index is 0.0301. The first-order chi connectivity index (χ1) is 14.6. The first kappa shape index (κ1) is 19.9. The number of methoxy groups -OCH3 is 3. The lowest BCUT2D eigenvalue weighted by Gasteiger charge is -2.34. The van der Waals surface area contributed by atoms with Crippen LogP contribution in [0.25, 0.3) is 10.9 Å². The summed E-state index contributed by atoms with van der Waals surface area (Å²) in [7, 11) is 4.81. The van der Waals surface area contributed by atoms with Crippen LogP contribution in [0.4, 0.5) is 5.69 Å². The van der Waals surface area contributed by atoms with Crippen LogP contribution >= 0.6 is 0 Å². The molecule has 1 fully saturated rings. The van der Waals surface area contributed by atoms with Gasteiger partial charge in [-0.05, 0) is 12.1 Å². The average molecular weight is 410 g/mol. The van der Waals surface area contributed by atoms with E-state index in [-0.39, 0.29) is 11.5 Å². The van der Waals surface area contributed by atoms with Gasteiger partial charge in [-0.3, -0.25) is 4.79 Å².